The van der Waals surface area contributed by atoms with Gasteiger partial charge in [-0.2, -0.15) is 72.8 Å². The Bertz CT molecular complexity index is 9820. The molecule has 0 fully saturated rings. The van der Waals surface area contributed by atoms with Gasteiger partial charge in [-0.1, -0.05) is 340 Å². The van der Waals surface area contributed by atoms with Crippen LogP contribution >= 0.6 is 0 Å². The zero-order valence-corrected chi connectivity index (χ0v) is 79.4. The van der Waals surface area contributed by atoms with Gasteiger partial charge in [-0.3, -0.25) is 0 Å². The fourth-order valence-corrected chi connectivity index (χ4v) is 18.3. The van der Waals surface area contributed by atoms with Gasteiger partial charge in [-0.15, -0.1) is 47.6 Å². The molecular weight excluding hydrogens is 2080 g/mol. The number of benzene rings is 17. The zero-order valence-electron chi connectivity index (χ0n) is 105. The molecule has 0 amide bonds. The van der Waals surface area contributed by atoms with Gasteiger partial charge in [0.1, 0.15) is 11.6 Å². The molecule has 0 unspecified atom stereocenters. The number of hydrogen-bond acceptors (Lipinski definition) is 6. The first-order valence-corrected chi connectivity index (χ1v) is 43.7. The maximum Gasteiger partial charge on any atom is 0.254 e. The van der Waals surface area contributed by atoms with Gasteiger partial charge in [-0.25, -0.2) is 27.5 Å². The van der Waals surface area contributed by atoms with E-state index in [9.17, 15) is 13.7 Å². The molecule has 0 saturated carbocycles. The largest absolute Gasteiger partial charge is 0.493 e. The number of pyridine rings is 2. The van der Waals surface area contributed by atoms with Crippen LogP contribution < -0.4 is 19.6 Å². The van der Waals surface area contributed by atoms with Crippen LogP contribution in [0.4, 0.5) is 63.1 Å². The minimum Gasteiger partial charge on any atom is -0.493 e. The molecule has 21 aromatic rings. The van der Waals surface area contributed by atoms with Gasteiger partial charge in [0.15, 0.2) is 0 Å². The van der Waals surface area contributed by atoms with E-state index in [1.54, 1.807) is 79.1 Å². The average molecular weight is 2200 g/mol. The number of para-hydroxylation sites is 6. The predicted octanol–water partition coefficient (Wildman–Crippen LogP) is 32.9. The average Bonchev–Trinajstić information content (AvgIpc) is 1.51. The van der Waals surface area contributed by atoms with Crippen LogP contribution in [0.1, 0.15) is 126 Å². The van der Waals surface area contributed by atoms with E-state index in [-0.39, 0.29) is 132 Å². The Morgan fingerprint density at radius 1 is 0.302 bits per heavy atom. The van der Waals surface area contributed by atoms with Gasteiger partial charge in [0.05, 0.1) is 41.1 Å². The minimum atomic E-state index is -3.75. The van der Waals surface area contributed by atoms with Crippen molar-refractivity contribution >= 4 is 89.1 Å². The molecule has 8 nitrogen and oxygen atoms in total. The van der Waals surface area contributed by atoms with Crippen molar-refractivity contribution in [2.45, 2.75) is 71.1 Å². The number of nitrogens with zero attached hydrogens (tertiary/aromatic N) is 8. The van der Waals surface area contributed by atoms with Crippen molar-refractivity contribution in [3.63, 3.8) is 0 Å². The third kappa shape index (κ3) is 16.6. The second kappa shape index (κ2) is 37.4. The van der Waals surface area contributed by atoms with Crippen LogP contribution in [0.5, 0.6) is 0 Å². The van der Waals surface area contributed by atoms with E-state index in [0.717, 1.165) is 38.5 Å². The van der Waals surface area contributed by atoms with Crippen LogP contribution in [0.25, 0.3) is 122 Å². The standard InChI is InChI=1S/C64H45F2N4.C61H47F2N4.2Pt/c1-63(2,48-26-13-6-14-27-48)49-36-37-67-61(42-49)70-57-31-16-15-30-53(57)54-35-34-51(41-60(54)70)64(65,66)50-28-19-29-52(40-50)68-43-69(59-33-18-17-32-58(59)68)62-55(45-22-9-4-10-23-45)38-47(44-20-7-3-8-21-44)39-56(62)46-24-11-5-12-25-46;1-40-56(42-20-9-6-10-21-42)41(2)58(44-24-13-8-14-25-44)59(57(40)43-22-11-7-12-23-43)66-39-65(52-30-17-18-31-53(52)66)48-27-19-26-46(36-48)61(62,63)47-32-33-50-49-28-15-16-29-51(49)67(54(50)37-47)55-38-45(34-35-64-55)60(3,4)5;;/h3-39,42-43H,1-2H3;6-35,38-39H,1-5H3;;/q2*-3;;/i3D,4D,5D,7D,8D,9D,10D,11D,12D,20D,21D,22D,23D,24D,25D;6D,7D,8D,9D,10D,11D,12D,13D,14D,20D,21D,22D,23D,24D,25D;;. The SMILES string of the molecule is [2H]c1c([2H])c([2H])c(-c2c(C)c(-c3c([2H])c([2H])c([2H])c([2H])c3[2H])c(N3[CH-]N(c4[c-]c(C(F)(F)c5[c-]c6c(cc5)c5ccccc5n6-c5cc(C(C)(C)C)ccn5)ccc4)c4ccccc43)c(-c3c([2H])c([2H])c([2H])c([2H])c3[2H])c2C)c([2H])c1[2H].[2H]c1c([2H])c([2H])c(-c2cc(-c3c([2H])c([2H])c([2H])c([2H])c3[2H])c(N3[CH-]N(c4[c-]c(C(F)(F)c5[c-]c6c(cc5)c5ccccc5n6-c5cc(C(C)(C)c6ccccc6)ccn5)ccc4)c4ccccc43)c(-c3c([2H])c([2H])c([2H])c([2H])c3[2H])c2)c([2H])c1[2H].[Pt].[Pt]. The topological polar surface area (TPSA) is 48.6 Å². The van der Waals surface area contributed by atoms with Crippen LogP contribution in [0.2, 0.25) is 0 Å². The van der Waals surface area contributed by atoms with E-state index in [1.807, 2.05) is 100 Å². The van der Waals surface area contributed by atoms with Crippen LogP contribution in [0, 0.1) is 51.5 Å². The van der Waals surface area contributed by atoms with Crippen LogP contribution in [0.3, 0.4) is 0 Å². The Kier molecular flexibility index (Phi) is 16.9. The Morgan fingerprint density at radius 3 is 1.08 bits per heavy atom. The summed E-state index contributed by atoms with van der Waals surface area (Å²) in [6, 6.07) is 52.9. The summed E-state index contributed by atoms with van der Waals surface area (Å²) in [6.07, 6.45) is 3.40. The smallest absolute Gasteiger partial charge is 0.254 e. The van der Waals surface area contributed by atoms with E-state index in [2.05, 4.69) is 71.0 Å². The quantitative estimate of drug-likeness (QED) is 0.0630. The first kappa shape index (κ1) is 62.6. The Labute approximate surface area is 879 Å². The zero-order chi connectivity index (χ0) is 120. The van der Waals surface area contributed by atoms with Gasteiger partial charge >= 0.3 is 0 Å². The van der Waals surface area contributed by atoms with Gasteiger partial charge in [0.25, 0.3) is 11.8 Å². The van der Waals surface area contributed by atoms with Crippen molar-refractivity contribution < 1.29 is 101 Å². The summed E-state index contributed by atoms with van der Waals surface area (Å²) in [6.45, 7) is 16.3. The molecule has 4 aromatic heterocycles. The molecule has 23 rings (SSSR count). The summed E-state index contributed by atoms with van der Waals surface area (Å²) < 4.78 is 342. The maximum absolute atomic E-state index is 17.7. The molecule has 0 aliphatic carbocycles. The molecule has 17 aromatic carbocycles. The second-order valence-electron chi connectivity index (χ2n) is 34.4. The Hall–Kier alpha value is -15.1. The molecule has 0 saturated heterocycles. The van der Waals surface area contributed by atoms with Crippen molar-refractivity contribution in [3.8, 4) is 78.4 Å². The number of hydrogen-bond donors (Lipinski definition) is 0. The Balaban J connectivity index is 0.000000197. The number of halogens is 4. The third-order valence-electron chi connectivity index (χ3n) is 25.0. The summed E-state index contributed by atoms with van der Waals surface area (Å²) in [7, 11) is 0. The molecule has 686 valence electrons. The summed E-state index contributed by atoms with van der Waals surface area (Å²) in [5.41, 5.74) is -0.269. The van der Waals surface area contributed by atoms with Crippen LogP contribution in [-0.2, 0) is 64.8 Å². The monoisotopic (exact) mass is 2200 g/mol. The number of anilines is 8. The molecule has 139 heavy (non-hydrogen) atoms. The number of aromatic nitrogens is 4. The molecule has 0 bridgehead atoms. The fraction of sp³-hybridized carbons (Fsp3) is 0.0880. The van der Waals surface area contributed by atoms with Gasteiger partial charge in [-0.05, 0) is 175 Å². The van der Waals surface area contributed by atoms with E-state index < -0.39 is 249 Å². The molecular formula is C125H92F4N8Pt2-6. The summed E-state index contributed by atoms with van der Waals surface area (Å²) in [5, 5.41) is 2.95. The maximum atomic E-state index is 17.7. The molecule has 2 aliphatic rings. The van der Waals surface area contributed by atoms with Crippen molar-refractivity contribution in [1.82, 2.24) is 19.1 Å². The first-order valence-electron chi connectivity index (χ1n) is 58.7. The first-order chi connectivity index (χ1) is 79.1. The molecule has 6 heterocycles. The van der Waals surface area contributed by atoms with Gasteiger partial charge < -0.3 is 28.7 Å². The van der Waals surface area contributed by atoms with Crippen LogP contribution in [0.15, 0.2) is 418 Å². The molecule has 0 radical (unpaired) electrons. The number of rotatable bonds is 18. The second-order valence-corrected chi connectivity index (χ2v) is 34.4. The van der Waals surface area contributed by atoms with Gasteiger partial charge in [0, 0.05) is 127 Å². The molecule has 2 aliphatic heterocycles. The van der Waals surface area contributed by atoms with Crippen molar-refractivity contribution in [2.24, 2.45) is 0 Å². The molecule has 0 N–H and O–H groups in total. The minimum absolute atomic E-state index is 0. The third-order valence-corrected chi connectivity index (χ3v) is 25.0. The van der Waals surface area contributed by atoms with Gasteiger partial charge in [0.2, 0.25) is 0 Å². The van der Waals surface area contributed by atoms with Crippen LogP contribution in [-0.4, -0.2) is 19.1 Å². The van der Waals surface area contributed by atoms with E-state index in [1.165, 1.54) is 101 Å². The fourth-order valence-electron chi connectivity index (χ4n) is 18.3. The number of alkyl halides is 4. The van der Waals surface area contributed by atoms with Crippen molar-refractivity contribution in [1.29, 1.82) is 0 Å². The summed E-state index contributed by atoms with van der Waals surface area (Å²) in [5.74, 6) is -6.47. The summed E-state index contributed by atoms with van der Waals surface area (Å²) in [4.78, 5) is 15.5. The van der Waals surface area contributed by atoms with E-state index in [4.69, 9.17) is 37.4 Å². The van der Waals surface area contributed by atoms with Crippen molar-refractivity contribution in [3.05, 3.63) is 506 Å². The van der Waals surface area contributed by atoms with E-state index >= 15 is 17.6 Å². The molecule has 14 heteroatoms. The Morgan fingerprint density at radius 2 is 0.655 bits per heavy atom. The molecule has 0 atom stereocenters. The number of fused-ring (bicyclic) bond motifs is 8. The normalized spacial score (nSPS) is 15.6. The molecule has 0 spiro atoms. The van der Waals surface area contributed by atoms with Crippen molar-refractivity contribution in [2.75, 3.05) is 19.6 Å². The summed E-state index contributed by atoms with van der Waals surface area (Å²) >= 11 is 0. The predicted molar refractivity (Wildman–Crippen MR) is 554 cm³/mol. The van der Waals surface area contributed by atoms with E-state index in [0.29, 0.717) is 44.8 Å².